The molecule has 0 bridgehead atoms. The van der Waals surface area contributed by atoms with Crippen LogP contribution < -0.4 is 4.74 Å². The number of carbonyl (C=O) groups is 1. The van der Waals surface area contributed by atoms with Gasteiger partial charge >= 0.3 is 5.97 Å². The standard InChI is InChI=1S/C15H16BrNO3/c1-3-7-20-14-6-5-13(16)9-11(14)8-12(10-17)15(18)19-4-2/h5-6,8-9H,3-4,7H2,1-2H3/b12-8-. The zero-order chi connectivity index (χ0) is 15.0. The summed E-state index contributed by atoms with van der Waals surface area (Å²) in [5.74, 6) is 0.00326. The number of hydrogen-bond acceptors (Lipinski definition) is 4. The van der Waals surface area contributed by atoms with Crippen molar-refractivity contribution < 1.29 is 14.3 Å². The third-order valence-electron chi connectivity index (χ3n) is 2.35. The van der Waals surface area contributed by atoms with Crippen LogP contribution in [0.1, 0.15) is 25.8 Å². The first-order valence-electron chi connectivity index (χ1n) is 6.33. The summed E-state index contributed by atoms with van der Waals surface area (Å²) in [6, 6.07) is 7.29. The molecule has 1 aromatic carbocycles. The van der Waals surface area contributed by atoms with Gasteiger partial charge < -0.3 is 9.47 Å². The first-order chi connectivity index (χ1) is 9.62. The Morgan fingerprint density at radius 3 is 2.80 bits per heavy atom. The Balaban J connectivity index is 3.12. The first-order valence-corrected chi connectivity index (χ1v) is 7.12. The molecule has 0 unspecified atom stereocenters. The van der Waals surface area contributed by atoms with Gasteiger partial charge in [0.1, 0.15) is 17.4 Å². The van der Waals surface area contributed by atoms with E-state index in [9.17, 15) is 4.79 Å². The Morgan fingerprint density at radius 2 is 2.20 bits per heavy atom. The second-order valence-electron chi connectivity index (χ2n) is 3.92. The van der Waals surface area contributed by atoms with E-state index in [0.717, 1.165) is 10.9 Å². The molecule has 1 aromatic rings. The second-order valence-corrected chi connectivity index (χ2v) is 4.84. The zero-order valence-electron chi connectivity index (χ0n) is 11.5. The molecule has 0 atom stereocenters. The Hall–Kier alpha value is -1.80. The molecule has 0 aliphatic rings. The highest BCUT2D eigenvalue weighted by Crippen LogP contribution is 2.26. The van der Waals surface area contributed by atoms with Gasteiger partial charge in [0.2, 0.25) is 0 Å². The van der Waals surface area contributed by atoms with Crippen LogP contribution in [0.4, 0.5) is 0 Å². The molecule has 0 amide bonds. The number of ether oxygens (including phenoxy) is 2. The summed E-state index contributed by atoms with van der Waals surface area (Å²) < 4.78 is 11.3. The lowest BCUT2D eigenvalue weighted by atomic mass is 10.1. The quantitative estimate of drug-likeness (QED) is 0.451. The van der Waals surface area contributed by atoms with Crippen LogP contribution in [-0.4, -0.2) is 19.2 Å². The van der Waals surface area contributed by atoms with E-state index < -0.39 is 5.97 Å². The van der Waals surface area contributed by atoms with E-state index in [-0.39, 0.29) is 12.2 Å². The van der Waals surface area contributed by atoms with E-state index >= 15 is 0 Å². The van der Waals surface area contributed by atoms with Crippen molar-refractivity contribution in [2.45, 2.75) is 20.3 Å². The fourth-order valence-corrected chi connectivity index (χ4v) is 1.86. The molecular weight excluding hydrogens is 322 g/mol. The largest absolute Gasteiger partial charge is 0.493 e. The number of rotatable bonds is 6. The maximum atomic E-state index is 11.6. The minimum absolute atomic E-state index is 0.0497. The van der Waals surface area contributed by atoms with Crippen LogP contribution in [-0.2, 0) is 9.53 Å². The van der Waals surface area contributed by atoms with E-state index in [4.69, 9.17) is 14.7 Å². The van der Waals surface area contributed by atoms with E-state index in [1.807, 2.05) is 19.1 Å². The minimum atomic E-state index is -0.628. The molecule has 0 aliphatic carbocycles. The van der Waals surface area contributed by atoms with Crippen molar-refractivity contribution in [3.05, 3.63) is 33.8 Å². The lowest BCUT2D eigenvalue weighted by Gasteiger charge is -2.09. The molecule has 1 rings (SSSR count). The van der Waals surface area contributed by atoms with E-state index in [2.05, 4.69) is 15.9 Å². The van der Waals surface area contributed by atoms with Crippen LogP contribution in [0, 0.1) is 11.3 Å². The van der Waals surface area contributed by atoms with Crippen LogP contribution >= 0.6 is 15.9 Å². The van der Waals surface area contributed by atoms with Gasteiger partial charge in [-0.2, -0.15) is 5.26 Å². The molecule has 0 aliphatic heterocycles. The van der Waals surface area contributed by atoms with Gasteiger partial charge in [-0.3, -0.25) is 0 Å². The summed E-state index contributed by atoms with van der Waals surface area (Å²) in [7, 11) is 0. The Labute approximate surface area is 127 Å². The minimum Gasteiger partial charge on any atom is -0.493 e. The van der Waals surface area contributed by atoms with Crippen molar-refractivity contribution in [3.63, 3.8) is 0 Å². The van der Waals surface area contributed by atoms with Crippen LogP contribution in [0.25, 0.3) is 6.08 Å². The second kappa shape index (κ2) is 8.39. The van der Waals surface area contributed by atoms with Gasteiger partial charge in [0, 0.05) is 10.0 Å². The first kappa shape index (κ1) is 16.3. The molecule has 0 saturated heterocycles. The average Bonchev–Trinajstić information content (AvgIpc) is 2.44. The predicted molar refractivity (Wildman–Crippen MR) is 80.2 cm³/mol. The monoisotopic (exact) mass is 337 g/mol. The van der Waals surface area contributed by atoms with Crippen molar-refractivity contribution >= 4 is 28.0 Å². The summed E-state index contributed by atoms with van der Waals surface area (Å²) >= 11 is 3.36. The number of carbonyl (C=O) groups excluding carboxylic acids is 1. The van der Waals surface area contributed by atoms with Gasteiger partial charge in [-0.25, -0.2) is 4.79 Å². The third kappa shape index (κ3) is 4.71. The van der Waals surface area contributed by atoms with Crippen molar-refractivity contribution in [3.8, 4) is 11.8 Å². The van der Waals surface area contributed by atoms with Crippen molar-refractivity contribution in [1.82, 2.24) is 0 Å². The molecule has 106 valence electrons. The van der Waals surface area contributed by atoms with E-state index in [0.29, 0.717) is 17.9 Å². The maximum absolute atomic E-state index is 11.6. The number of esters is 1. The zero-order valence-corrected chi connectivity index (χ0v) is 13.1. The molecule has 0 spiro atoms. The Bertz CT molecular complexity index is 547. The van der Waals surface area contributed by atoms with Crippen LogP contribution in [0.2, 0.25) is 0 Å². The Kier molecular flexibility index (Phi) is 6.82. The highest BCUT2D eigenvalue weighted by atomic mass is 79.9. The van der Waals surface area contributed by atoms with E-state index in [1.165, 1.54) is 6.08 Å². The van der Waals surface area contributed by atoms with Gasteiger partial charge in [0.05, 0.1) is 13.2 Å². The third-order valence-corrected chi connectivity index (χ3v) is 2.84. The van der Waals surface area contributed by atoms with Gasteiger partial charge in [0.15, 0.2) is 0 Å². The summed E-state index contributed by atoms with van der Waals surface area (Å²) in [6.07, 6.45) is 2.36. The maximum Gasteiger partial charge on any atom is 0.348 e. The fourth-order valence-electron chi connectivity index (χ4n) is 1.48. The number of nitriles is 1. The number of halogens is 1. The number of benzene rings is 1. The van der Waals surface area contributed by atoms with Crippen molar-refractivity contribution in [2.24, 2.45) is 0 Å². The van der Waals surface area contributed by atoms with E-state index in [1.54, 1.807) is 19.1 Å². The van der Waals surface area contributed by atoms with Gasteiger partial charge in [-0.05, 0) is 37.6 Å². The van der Waals surface area contributed by atoms with Crippen LogP contribution in [0.5, 0.6) is 5.75 Å². The SMILES string of the molecule is CCCOc1ccc(Br)cc1/C=C(/C#N)C(=O)OCC. The van der Waals surface area contributed by atoms with Gasteiger partial charge in [0.25, 0.3) is 0 Å². The summed E-state index contributed by atoms with van der Waals surface area (Å²) in [5, 5.41) is 9.05. The molecule has 0 saturated carbocycles. The van der Waals surface area contributed by atoms with Crippen molar-refractivity contribution in [2.75, 3.05) is 13.2 Å². The molecule has 0 N–H and O–H groups in total. The molecule has 0 aromatic heterocycles. The molecule has 20 heavy (non-hydrogen) atoms. The molecule has 4 nitrogen and oxygen atoms in total. The van der Waals surface area contributed by atoms with Crippen molar-refractivity contribution in [1.29, 1.82) is 5.26 Å². The topological polar surface area (TPSA) is 59.3 Å². The Morgan fingerprint density at radius 1 is 1.45 bits per heavy atom. The van der Waals surface area contributed by atoms with Gasteiger partial charge in [-0.15, -0.1) is 0 Å². The average molecular weight is 338 g/mol. The van der Waals surface area contributed by atoms with Crippen LogP contribution in [0.15, 0.2) is 28.2 Å². The molecule has 0 heterocycles. The molecule has 0 radical (unpaired) electrons. The summed E-state index contributed by atoms with van der Waals surface area (Å²) in [6.45, 7) is 4.51. The number of hydrogen-bond donors (Lipinski definition) is 0. The smallest absolute Gasteiger partial charge is 0.348 e. The normalized spacial score (nSPS) is 10.8. The highest BCUT2D eigenvalue weighted by molar-refractivity contribution is 9.10. The molecule has 0 fully saturated rings. The van der Waals surface area contributed by atoms with Crippen LogP contribution in [0.3, 0.4) is 0 Å². The predicted octanol–water partition coefficient (Wildman–Crippen LogP) is 3.71. The summed E-state index contributed by atoms with van der Waals surface area (Å²) in [5.41, 5.74) is 0.615. The lowest BCUT2D eigenvalue weighted by molar-refractivity contribution is -0.137. The fraction of sp³-hybridized carbons (Fsp3) is 0.333. The summed E-state index contributed by atoms with van der Waals surface area (Å²) in [4.78, 5) is 11.6. The van der Waals surface area contributed by atoms with Gasteiger partial charge in [-0.1, -0.05) is 22.9 Å². The molecular formula is C15H16BrNO3. The molecule has 5 heteroatoms. The number of nitrogens with zero attached hydrogens (tertiary/aromatic N) is 1. The lowest BCUT2D eigenvalue weighted by Crippen LogP contribution is -2.06. The highest BCUT2D eigenvalue weighted by Gasteiger charge is 2.12.